The fourth-order valence-electron chi connectivity index (χ4n) is 2.79. The predicted molar refractivity (Wildman–Crippen MR) is 110 cm³/mol. The predicted octanol–water partition coefficient (Wildman–Crippen LogP) is 5.34. The summed E-state index contributed by atoms with van der Waals surface area (Å²) in [4.78, 5) is 38.8. The fourth-order valence-corrected chi connectivity index (χ4v) is 3.94. The molecule has 140 valence electrons. The molecule has 3 aromatic rings. The molecule has 1 fully saturated rings. The summed E-state index contributed by atoms with van der Waals surface area (Å²) >= 11 is 12.7. The molecule has 8 heteroatoms. The van der Waals surface area contributed by atoms with E-state index >= 15 is 0 Å². The van der Waals surface area contributed by atoms with Crippen molar-refractivity contribution < 1.29 is 14.0 Å². The normalized spacial score (nSPS) is 15.8. The van der Waals surface area contributed by atoms with E-state index in [2.05, 4.69) is 0 Å². The van der Waals surface area contributed by atoms with Crippen LogP contribution in [-0.2, 0) is 11.3 Å². The smallest absolute Gasteiger partial charge is 0.293 e. The Hall–Kier alpha value is -2.54. The van der Waals surface area contributed by atoms with Gasteiger partial charge in [0.2, 0.25) is 0 Å². The summed E-state index contributed by atoms with van der Waals surface area (Å²) in [6, 6.07) is 11.7. The third kappa shape index (κ3) is 3.46. The molecule has 0 saturated carbocycles. The lowest BCUT2D eigenvalue weighted by molar-refractivity contribution is -0.123. The molecule has 1 aliphatic heterocycles. The van der Waals surface area contributed by atoms with Crippen LogP contribution < -0.4 is 5.43 Å². The molecule has 1 aliphatic rings. The van der Waals surface area contributed by atoms with Gasteiger partial charge in [0.1, 0.15) is 11.8 Å². The molecular weight excluding hydrogens is 421 g/mol. The van der Waals surface area contributed by atoms with E-state index < -0.39 is 11.1 Å². The Balaban J connectivity index is 1.64. The van der Waals surface area contributed by atoms with E-state index in [1.54, 1.807) is 42.5 Å². The van der Waals surface area contributed by atoms with Gasteiger partial charge in [-0.05, 0) is 47.7 Å². The zero-order valence-electron chi connectivity index (χ0n) is 14.1. The number of carbonyl (C=O) groups is 2. The molecule has 4 rings (SSSR count). The number of nitrogens with zero attached hydrogens (tertiary/aromatic N) is 1. The Morgan fingerprint density at radius 2 is 1.82 bits per heavy atom. The fraction of sp³-hybridized carbons (Fsp3) is 0.0500. The number of imide groups is 1. The molecule has 5 nitrogen and oxygen atoms in total. The minimum Gasteiger partial charge on any atom is -0.463 e. The van der Waals surface area contributed by atoms with Crippen molar-refractivity contribution in [2.24, 2.45) is 0 Å². The highest BCUT2D eigenvalue weighted by molar-refractivity contribution is 8.18. The molecule has 1 saturated heterocycles. The van der Waals surface area contributed by atoms with Gasteiger partial charge >= 0.3 is 0 Å². The largest absolute Gasteiger partial charge is 0.463 e. The monoisotopic (exact) mass is 431 g/mol. The standard InChI is InChI=1S/C20H11Cl2NO4S/c21-14-6-5-11(7-15(14)22)9-23-19(25)17(28-20(23)26)8-12-10-27-16-4-2-1-3-13(16)18(12)24/h1-8,10H,9H2/b17-8+. The molecule has 0 bridgehead atoms. The van der Waals surface area contributed by atoms with E-state index in [0.29, 0.717) is 26.6 Å². The van der Waals surface area contributed by atoms with Gasteiger partial charge in [0.05, 0.1) is 32.4 Å². The van der Waals surface area contributed by atoms with Crippen LogP contribution in [0.2, 0.25) is 10.0 Å². The van der Waals surface area contributed by atoms with Gasteiger partial charge in [-0.2, -0.15) is 0 Å². The van der Waals surface area contributed by atoms with E-state index in [1.165, 1.54) is 12.3 Å². The van der Waals surface area contributed by atoms with Gasteiger partial charge in [0, 0.05) is 0 Å². The van der Waals surface area contributed by atoms with Crippen LogP contribution in [0.15, 0.2) is 62.8 Å². The first-order valence-electron chi connectivity index (χ1n) is 8.14. The highest BCUT2D eigenvalue weighted by Crippen LogP contribution is 2.34. The molecule has 0 unspecified atom stereocenters. The van der Waals surface area contributed by atoms with Crippen molar-refractivity contribution in [2.45, 2.75) is 6.54 Å². The second-order valence-corrected chi connectivity index (χ2v) is 7.84. The van der Waals surface area contributed by atoms with Crippen molar-refractivity contribution in [3.63, 3.8) is 0 Å². The van der Waals surface area contributed by atoms with Crippen LogP contribution >= 0.6 is 35.0 Å². The minimum absolute atomic E-state index is 0.0607. The van der Waals surface area contributed by atoms with E-state index in [0.717, 1.165) is 16.7 Å². The van der Waals surface area contributed by atoms with Gasteiger partial charge < -0.3 is 4.42 Å². The number of thioether (sulfide) groups is 1. The molecule has 0 N–H and O–H groups in total. The van der Waals surface area contributed by atoms with Gasteiger partial charge in [-0.3, -0.25) is 19.3 Å². The van der Waals surface area contributed by atoms with Crippen LogP contribution in [0, 0.1) is 0 Å². The third-order valence-corrected chi connectivity index (χ3v) is 5.84. The first-order valence-corrected chi connectivity index (χ1v) is 9.71. The average molecular weight is 432 g/mol. The lowest BCUT2D eigenvalue weighted by Gasteiger charge is -2.12. The van der Waals surface area contributed by atoms with Gasteiger partial charge in [-0.25, -0.2) is 0 Å². The molecule has 0 radical (unpaired) electrons. The number of fused-ring (bicyclic) bond motifs is 1. The maximum atomic E-state index is 12.7. The molecule has 0 atom stereocenters. The number of halogens is 2. The van der Waals surface area contributed by atoms with Crippen LogP contribution in [0.4, 0.5) is 4.79 Å². The average Bonchev–Trinajstić information content (AvgIpc) is 2.94. The van der Waals surface area contributed by atoms with E-state index in [4.69, 9.17) is 27.6 Å². The number of benzene rings is 2. The Labute approximate surface area is 173 Å². The van der Waals surface area contributed by atoms with Crippen molar-refractivity contribution in [1.29, 1.82) is 0 Å². The van der Waals surface area contributed by atoms with Crippen molar-refractivity contribution in [3.05, 3.63) is 85.0 Å². The van der Waals surface area contributed by atoms with Crippen LogP contribution in [0.5, 0.6) is 0 Å². The minimum atomic E-state index is -0.478. The Morgan fingerprint density at radius 3 is 2.61 bits per heavy atom. The second kappa shape index (κ2) is 7.47. The summed E-state index contributed by atoms with van der Waals surface area (Å²) in [6.07, 6.45) is 2.68. The van der Waals surface area contributed by atoms with Crippen LogP contribution in [0.1, 0.15) is 11.1 Å². The first kappa shape index (κ1) is 18.8. The van der Waals surface area contributed by atoms with Crippen LogP contribution in [0.25, 0.3) is 17.0 Å². The topological polar surface area (TPSA) is 67.6 Å². The van der Waals surface area contributed by atoms with Crippen molar-refractivity contribution >= 4 is 63.2 Å². The SMILES string of the molecule is O=C1S/C(=C/c2coc3ccccc3c2=O)C(=O)N1Cc1ccc(Cl)c(Cl)c1. The van der Waals surface area contributed by atoms with Crippen molar-refractivity contribution in [3.8, 4) is 0 Å². The lowest BCUT2D eigenvalue weighted by Crippen LogP contribution is -2.27. The van der Waals surface area contributed by atoms with Gasteiger partial charge in [-0.15, -0.1) is 0 Å². The van der Waals surface area contributed by atoms with Crippen molar-refractivity contribution in [1.82, 2.24) is 4.90 Å². The van der Waals surface area contributed by atoms with Gasteiger partial charge in [-0.1, -0.05) is 41.4 Å². The maximum absolute atomic E-state index is 12.7. The molecule has 2 aromatic carbocycles. The molecule has 2 amide bonds. The first-order chi connectivity index (χ1) is 13.4. The third-order valence-electron chi connectivity index (χ3n) is 4.19. The Kier molecular flexibility index (Phi) is 5.02. The highest BCUT2D eigenvalue weighted by Gasteiger charge is 2.35. The quantitative estimate of drug-likeness (QED) is 0.523. The summed E-state index contributed by atoms with van der Waals surface area (Å²) in [6.45, 7) is 0.0607. The van der Waals surface area contributed by atoms with Gasteiger partial charge in [0.25, 0.3) is 11.1 Å². The Morgan fingerprint density at radius 1 is 1.04 bits per heavy atom. The number of rotatable bonds is 3. The second-order valence-electron chi connectivity index (χ2n) is 6.03. The van der Waals surface area contributed by atoms with E-state index in [9.17, 15) is 14.4 Å². The molecule has 28 heavy (non-hydrogen) atoms. The Bertz CT molecular complexity index is 1220. The molecule has 1 aromatic heterocycles. The number of para-hydroxylation sites is 1. The molecule has 0 spiro atoms. The maximum Gasteiger partial charge on any atom is 0.293 e. The lowest BCUT2D eigenvalue weighted by atomic mass is 10.1. The summed E-state index contributed by atoms with van der Waals surface area (Å²) in [5.74, 6) is -0.478. The molecular formula is C20H11Cl2NO4S. The number of carbonyl (C=O) groups excluding carboxylic acids is 2. The summed E-state index contributed by atoms with van der Waals surface area (Å²) in [5, 5.41) is 0.719. The van der Waals surface area contributed by atoms with Crippen LogP contribution in [0.3, 0.4) is 0 Å². The summed E-state index contributed by atoms with van der Waals surface area (Å²) in [5.41, 5.74) is 1.07. The zero-order chi connectivity index (χ0) is 19.8. The summed E-state index contributed by atoms with van der Waals surface area (Å²) in [7, 11) is 0. The van der Waals surface area contributed by atoms with Gasteiger partial charge in [0.15, 0.2) is 5.43 Å². The summed E-state index contributed by atoms with van der Waals surface area (Å²) < 4.78 is 5.45. The molecule has 0 aliphatic carbocycles. The number of amides is 2. The highest BCUT2D eigenvalue weighted by atomic mass is 35.5. The molecule has 2 heterocycles. The van der Waals surface area contributed by atoms with Crippen molar-refractivity contribution in [2.75, 3.05) is 0 Å². The number of hydrogen-bond acceptors (Lipinski definition) is 5. The zero-order valence-corrected chi connectivity index (χ0v) is 16.5. The number of hydrogen-bond donors (Lipinski definition) is 0. The van der Waals surface area contributed by atoms with E-state index in [-0.39, 0.29) is 22.4 Å². The van der Waals surface area contributed by atoms with Crippen LogP contribution in [-0.4, -0.2) is 16.0 Å². The van der Waals surface area contributed by atoms with E-state index in [1.807, 2.05) is 0 Å².